The quantitative estimate of drug-likeness (QED) is 0.426. The fourth-order valence-corrected chi connectivity index (χ4v) is 6.07. The van der Waals surface area contributed by atoms with Gasteiger partial charge in [0, 0.05) is 22.5 Å². The molecule has 2 atom stereocenters. The van der Waals surface area contributed by atoms with Gasteiger partial charge in [0.15, 0.2) is 6.61 Å². The van der Waals surface area contributed by atoms with E-state index >= 15 is 0 Å². The third-order valence-electron chi connectivity index (χ3n) is 7.32. The molecule has 7 rings (SSSR count). The van der Waals surface area contributed by atoms with Crippen LogP contribution in [0.25, 0.3) is 0 Å². The molecular weight excluding hydrogens is 480 g/mol. The van der Waals surface area contributed by atoms with Crippen molar-refractivity contribution >= 4 is 41.0 Å². The number of ether oxygens (including phenoxy) is 1. The highest BCUT2D eigenvalue weighted by molar-refractivity contribution is 6.30. The van der Waals surface area contributed by atoms with Crippen LogP contribution in [0.2, 0.25) is 5.02 Å². The Balaban J connectivity index is 1.18. The number of carbonyl (C=O) groups excluding carboxylic acids is 4. The number of rotatable bonds is 5. The number of esters is 1. The number of carbonyl (C=O) groups is 4. The zero-order valence-corrected chi connectivity index (χ0v) is 19.8. The normalized spacial score (nSPS) is 23.1. The van der Waals surface area contributed by atoms with E-state index < -0.39 is 36.9 Å². The molecule has 0 saturated carbocycles. The molecule has 0 aromatic heterocycles. The van der Waals surface area contributed by atoms with Gasteiger partial charge in [-0.25, -0.2) is 0 Å². The Hall–Kier alpha value is -3.97. The lowest BCUT2D eigenvalue weighted by Crippen LogP contribution is -2.41. The highest BCUT2D eigenvalue weighted by Crippen LogP contribution is 2.60. The molecule has 1 N–H and O–H groups in total. The monoisotopic (exact) mass is 500 g/mol. The van der Waals surface area contributed by atoms with Crippen molar-refractivity contribution in [1.82, 2.24) is 4.90 Å². The maximum absolute atomic E-state index is 13.5. The fourth-order valence-electron chi connectivity index (χ4n) is 5.95. The van der Waals surface area contributed by atoms with E-state index in [4.69, 9.17) is 16.3 Å². The first kappa shape index (κ1) is 22.5. The molecule has 3 aliphatic carbocycles. The fraction of sp³-hybridized carbons (Fsp3) is 0.214. The van der Waals surface area contributed by atoms with Gasteiger partial charge in [-0.15, -0.1) is 0 Å². The maximum Gasteiger partial charge on any atom is 0.326 e. The standard InChI is InChI=1S/C28H21ClN2O5/c29-15-9-11-16(12-10-15)30-21(32)14-36-22(33)13-31-27(34)25-23-17-5-1-2-6-18(17)24(26(25)28(31)35)20-8-4-3-7-19(20)23/h1-12,23-26H,13-14H2,(H,30,32)/t23?,24?,25-,26-/m1/s1. The number of hydrogen-bond acceptors (Lipinski definition) is 5. The van der Waals surface area contributed by atoms with Crippen molar-refractivity contribution in [3.8, 4) is 0 Å². The van der Waals surface area contributed by atoms with Crippen LogP contribution in [0.3, 0.4) is 0 Å². The molecule has 1 heterocycles. The number of anilines is 1. The van der Waals surface area contributed by atoms with E-state index in [-0.39, 0.29) is 23.7 Å². The van der Waals surface area contributed by atoms with E-state index in [1.807, 2.05) is 48.5 Å². The first-order valence-electron chi connectivity index (χ1n) is 11.7. The van der Waals surface area contributed by atoms with Gasteiger partial charge in [-0.1, -0.05) is 60.1 Å². The molecule has 3 aromatic rings. The smallest absolute Gasteiger partial charge is 0.326 e. The summed E-state index contributed by atoms with van der Waals surface area (Å²) in [5, 5.41) is 3.12. The van der Waals surface area contributed by atoms with Crippen molar-refractivity contribution in [3.05, 3.63) is 100 Å². The van der Waals surface area contributed by atoms with Gasteiger partial charge in [-0.3, -0.25) is 24.1 Å². The lowest BCUT2D eigenvalue weighted by molar-refractivity contribution is -0.154. The predicted molar refractivity (Wildman–Crippen MR) is 131 cm³/mol. The van der Waals surface area contributed by atoms with Gasteiger partial charge in [0.2, 0.25) is 11.8 Å². The lowest BCUT2D eigenvalue weighted by Gasteiger charge is -2.45. The minimum Gasteiger partial charge on any atom is -0.454 e. The Morgan fingerprint density at radius 1 is 0.778 bits per heavy atom. The molecule has 2 bridgehead atoms. The summed E-state index contributed by atoms with van der Waals surface area (Å²) in [7, 11) is 0. The summed E-state index contributed by atoms with van der Waals surface area (Å²) < 4.78 is 5.08. The van der Waals surface area contributed by atoms with Gasteiger partial charge in [-0.2, -0.15) is 0 Å². The molecule has 3 aromatic carbocycles. The van der Waals surface area contributed by atoms with E-state index in [1.165, 1.54) is 0 Å². The molecule has 8 heteroatoms. The van der Waals surface area contributed by atoms with Gasteiger partial charge < -0.3 is 10.1 Å². The van der Waals surface area contributed by atoms with Gasteiger partial charge in [0.05, 0.1) is 11.8 Å². The van der Waals surface area contributed by atoms with Crippen LogP contribution in [0, 0.1) is 11.8 Å². The second-order valence-corrected chi connectivity index (χ2v) is 9.68. The van der Waals surface area contributed by atoms with Crippen LogP contribution in [-0.2, 0) is 23.9 Å². The van der Waals surface area contributed by atoms with Gasteiger partial charge in [0.25, 0.3) is 5.91 Å². The third kappa shape index (κ3) is 3.50. The van der Waals surface area contributed by atoms with Crippen molar-refractivity contribution in [2.75, 3.05) is 18.5 Å². The summed E-state index contributed by atoms with van der Waals surface area (Å²) >= 11 is 5.83. The van der Waals surface area contributed by atoms with E-state index in [0.717, 1.165) is 27.2 Å². The van der Waals surface area contributed by atoms with Crippen LogP contribution in [0.15, 0.2) is 72.8 Å². The molecule has 0 spiro atoms. The Bertz CT molecular complexity index is 1300. The number of halogens is 1. The van der Waals surface area contributed by atoms with Gasteiger partial charge in [0.1, 0.15) is 6.54 Å². The average molecular weight is 501 g/mol. The molecule has 7 nitrogen and oxygen atoms in total. The predicted octanol–water partition coefficient (Wildman–Crippen LogP) is 3.71. The molecular formula is C28H21ClN2O5. The minimum atomic E-state index is -0.816. The third-order valence-corrected chi connectivity index (χ3v) is 7.57. The van der Waals surface area contributed by atoms with Gasteiger partial charge in [-0.05, 0) is 46.5 Å². The summed E-state index contributed by atoms with van der Waals surface area (Å²) in [6.07, 6.45) is 0. The van der Waals surface area contributed by atoms with Crippen LogP contribution < -0.4 is 5.32 Å². The molecule has 1 fully saturated rings. The van der Waals surface area contributed by atoms with E-state index in [9.17, 15) is 19.2 Å². The first-order valence-corrected chi connectivity index (χ1v) is 12.1. The largest absolute Gasteiger partial charge is 0.454 e. The Labute approximate surface area is 212 Å². The zero-order chi connectivity index (χ0) is 25.0. The molecule has 4 aliphatic rings. The van der Waals surface area contributed by atoms with Crippen LogP contribution in [-0.4, -0.2) is 41.7 Å². The number of benzene rings is 3. The summed E-state index contributed by atoms with van der Waals surface area (Å²) in [4.78, 5) is 52.7. The maximum atomic E-state index is 13.5. The van der Waals surface area contributed by atoms with Crippen LogP contribution >= 0.6 is 11.6 Å². The summed E-state index contributed by atoms with van der Waals surface area (Å²) in [5.74, 6) is -3.70. The zero-order valence-electron chi connectivity index (χ0n) is 19.0. The number of likely N-dealkylation sites (tertiary alicyclic amines) is 1. The number of imide groups is 1. The highest BCUT2D eigenvalue weighted by atomic mass is 35.5. The summed E-state index contributed by atoms with van der Waals surface area (Å²) in [5.41, 5.74) is 4.75. The second-order valence-electron chi connectivity index (χ2n) is 9.24. The van der Waals surface area contributed by atoms with Crippen LogP contribution in [0.5, 0.6) is 0 Å². The topological polar surface area (TPSA) is 92.8 Å². The Kier molecular flexibility index (Phi) is 5.38. The van der Waals surface area contributed by atoms with Crippen LogP contribution in [0.1, 0.15) is 34.1 Å². The van der Waals surface area contributed by atoms with E-state index in [0.29, 0.717) is 10.7 Å². The van der Waals surface area contributed by atoms with Crippen LogP contribution in [0.4, 0.5) is 5.69 Å². The number of nitrogens with zero attached hydrogens (tertiary/aromatic N) is 1. The molecule has 1 saturated heterocycles. The molecule has 3 amide bonds. The lowest BCUT2D eigenvalue weighted by atomic mass is 9.55. The van der Waals surface area contributed by atoms with E-state index in [1.54, 1.807) is 24.3 Å². The molecule has 180 valence electrons. The Morgan fingerprint density at radius 2 is 1.25 bits per heavy atom. The average Bonchev–Trinajstić information content (AvgIpc) is 3.14. The molecule has 0 radical (unpaired) electrons. The van der Waals surface area contributed by atoms with E-state index in [2.05, 4.69) is 5.32 Å². The number of amides is 3. The number of hydrogen-bond donors (Lipinski definition) is 1. The van der Waals surface area contributed by atoms with Gasteiger partial charge >= 0.3 is 5.97 Å². The Morgan fingerprint density at radius 3 is 1.72 bits per heavy atom. The van der Waals surface area contributed by atoms with Crippen molar-refractivity contribution in [2.45, 2.75) is 11.8 Å². The van der Waals surface area contributed by atoms with Crippen molar-refractivity contribution in [1.29, 1.82) is 0 Å². The molecule has 36 heavy (non-hydrogen) atoms. The second kappa shape index (κ2) is 8.60. The molecule has 1 aliphatic heterocycles. The SMILES string of the molecule is O=C(COC(=O)CN1C(=O)[C@@H]2C3c4ccccc4C(c4ccccc43)[C@H]2C1=O)Nc1ccc(Cl)cc1. The van der Waals surface area contributed by atoms with Crippen molar-refractivity contribution in [2.24, 2.45) is 11.8 Å². The van der Waals surface area contributed by atoms with Crippen molar-refractivity contribution in [3.63, 3.8) is 0 Å². The highest BCUT2D eigenvalue weighted by Gasteiger charge is 2.61. The molecule has 0 unspecified atom stereocenters. The van der Waals surface area contributed by atoms with Crippen molar-refractivity contribution < 1.29 is 23.9 Å². The summed E-state index contributed by atoms with van der Waals surface area (Å²) in [6, 6.07) is 22.4. The summed E-state index contributed by atoms with van der Waals surface area (Å²) in [6.45, 7) is -1.06. The minimum absolute atomic E-state index is 0.241. The first-order chi connectivity index (χ1) is 17.4. The number of nitrogens with one attached hydrogen (secondary N) is 1.